The third kappa shape index (κ3) is 2.85. The number of nitrogens with one attached hydrogen (secondary N) is 1. The lowest BCUT2D eigenvalue weighted by molar-refractivity contribution is 0.441. The third-order valence-electron chi connectivity index (χ3n) is 2.89. The Bertz CT molecular complexity index is 332. The van der Waals surface area contributed by atoms with E-state index >= 15 is 0 Å². The van der Waals surface area contributed by atoms with Crippen LogP contribution in [0.2, 0.25) is 0 Å². The highest BCUT2D eigenvalue weighted by atomic mass is 127. The quantitative estimate of drug-likeness (QED) is 0.835. The van der Waals surface area contributed by atoms with Crippen LogP contribution in [0.25, 0.3) is 0 Å². The molecule has 1 aliphatic heterocycles. The van der Waals surface area contributed by atoms with Gasteiger partial charge in [0, 0.05) is 12.2 Å². The van der Waals surface area contributed by atoms with Crippen LogP contribution in [0.15, 0.2) is 0 Å². The van der Waals surface area contributed by atoms with Gasteiger partial charge in [-0.3, -0.25) is 4.68 Å². The van der Waals surface area contributed by atoms with Crippen LogP contribution < -0.4 is 5.32 Å². The van der Waals surface area contributed by atoms with Crippen molar-refractivity contribution in [3.63, 3.8) is 0 Å². The lowest BCUT2D eigenvalue weighted by atomic mass is 10.1. The van der Waals surface area contributed by atoms with E-state index in [0.29, 0.717) is 0 Å². The maximum absolute atomic E-state index is 4.55. The van der Waals surface area contributed by atoms with Crippen LogP contribution in [0.5, 0.6) is 0 Å². The molecule has 1 aromatic heterocycles. The van der Waals surface area contributed by atoms with Gasteiger partial charge in [0.2, 0.25) is 0 Å². The molecule has 0 aliphatic carbocycles. The molecule has 5 heteroatoms. The molecule has 0 bridgehead atoms. The zero-order valence-electron chi connectivity index (χ0n) is 9.09. The summed E-state index contributed by atoms with van der Waals surface area (Å²) in [6.07, 6.45) is 1.29. The fourth-order valence-corrected chi connectivity index (χ4v) is 2.35. The summed E-state index contributed by atoms with van der Waals surface area (Å²) in [4.78, 5) is 0. The van der Waals surface area contributed by atoms with Crippen LogP contribution in [0.1, 0.15) is 17.8 Å². The van der Waals surface area contributed by atoms with Crippen molar-refractivity contribution in [3.05, 3.63) is 15.0 Å². The van der Waals surface area contributed by atoms with Crippen molar-refractivity contribution >= 4 is 35.0 Å². The Labute approximate surface area is 111 Å². The van der Waals surface area contributed by atoms with Crippen LogP contribution in [0.3, 0.4) is 0 Å². The first-order valence-electron chi connectivity index (χ1n) is 5.08. The Morgan fingerprint density at radius 1 is 1.53 bits per heavy atom. The zero-order chi connectivity index (χ0) is 10.1. The van der Waals surface area contributed by atoms with E-state index < -0.39 is 0 Å². The first kappa shape index (κ1) is 13.3. The largest absolute Gasteiger partial charge is 0.316 e. The summed E-state index contributed by atoms with van der Waals surface area (Å²) >= 11 is 2.38. The van der Waals surface area contributed by atoms with Crippen LogP contribution in [0.4, 0.5) is 0 Å². The number of aromatic nitrogens is 2. The van der Waals surface area contributed by atoms with Gasteiger partial charge >= 0.3 is 0 Å². The normalized spacial score (nSPS) is 20.3. The number of hydrogen-bond donors (Lipinski definition) is 1. The molecule has 1 unspecified atom stereocenters. The van der Waals surface area contributed by atoms with Gasteiger partial charge in [-0.15, -0.1) is 12.4 Å². The third-order valence-corrected chi connectivity index (χ3v) is 4.45. The first-order valence-corrected chi connectivity index (χ1v) is 6.16. The molecule has 2 rings (SSSR count). The molecule has 1 fully saturated rings. The van der Waals surface area contributed by atoms with Crippen molar-refractivity contribution in [3.8, 4) is 0 Å². The average molecular weight is 342 g/mol. The van der Waals surface area contributed by atoms with Crippen molar-refractivity contribution < 1.29 is 0 Å². The molecule has 0 amide bonds. The van der Waals surface area contributed by atoms with Crippen molar-refractivity contribution in [1.82, 2.24) is 15.1 Å². The first-order chi connectivity index (χ1) is 6.68. The molecule has 86 valence electrons. The van der Waals surface area contributed by atoms with Crippen LogP contribution >= 0.6 is 35.0 Å². The molecular weight excluding hydrogens is 324 g/mol. The molecule has 1 N–H and O–H groups in total. The van der Waals surface area contributed by atoms with E-state index in [2.05, 4.69) is 51.5 Å². The van der Waals surface area contributed by atoms with Gasteiger partial charge in [-0.1, -0.05) is 0 Å². The Morgan fingerprint density at radius 2 is 2.27 bits per heavy atom. The van der Waals surface area contributed by atoms with Crippen molar-refractivity contribution in [2.24, 2.45) is 5.92 Å². The SMILES string of the molecule is Cc1nn(CC2CCNC2)c(C)c1I.Cl. The monoisotopic (exact) mass is 341 g/mol. The van der Waals surface area contributed by atoms with E-state index in [0.717, 1.165) is 24.7 Å². The maximum atomic E-state index is 4.55. The fraction of sp³-hybridized carbons (Fsp3) is 0.700. The molecule has 0 aromatic carbocycles. The van der Waals surface area contributed by atoms with E-state index in [4.69, 9.17) is 0 Å². The molecule has 1 atom stereocenters. The number of aryl methyl sites for hydroxylation is 1. The highest BCUT2D eigenvalue weighted by Crippen LogP contribution is 2.18. The summed E-state index contributed by atoms with van der Waals surface area (Å²) in [7, 11) is 0. The summed E-state index contributed by atoms with van der Waals surface area (Å²) < 4.78 is 3.47. The van der Waals surface area contributed by atoms with Gasteiger partial charge < -0.3 is 5.32 Å². The summed E-state index contributed by atoms with van der Waals surface area (Å²) in [6.45, 7) is 7.63. The lowest BCUT2D eigenvalue weighted by Crippen LogP contribution is -2.16. The van der Waals surface area contributed by atoms with Gasteiger partial charge in [0.1, 0.15) is 0 Å². The minimum atomic E-state index is 0. The van der Waals surface area contributed by atoms with Crippen LogP contribution in [0, 0.1) is 23.3 Å². The second kappa shape index (κ2) is 5.50. The maximum Gasteiger partial charge on any atom is 0.0729 e. The number of halogens is 2. The van der Waals surface area contributed by atoms with Crippen molar-refractivity contribution in [2.75, 3.05) is 13.1 Å². The summed E-state index contributed by atoms with van der Waals surface area (Å²) in [5.74, 6) is 0.767. The molecule has 0 saturated carbocycles. The van der Waals surface area contributed by atoms with Gasteiger partial charge in [0.25, 0.3) is 0 Å². The Balaban J connectivity index is 0.00000112. The fourth-order valence-electron chi connectivity index (χ4n) is 1.97. The minimum Gasteiger partial charge on any atom is -0.316 e. The minimum absolute atomic E-state index is 0. The molecule has 15 heavy (non-hydrogen) atoms. The van der Waals surface area contributed by atoms with Gasteiger partial charge in [-0.25, -0.2) is 0 Å². The van der Waals surface area contributed by atoms with Crippen LogP contribution in [-0.4, -0.2) is 22.9 Å². The molecular formula is C10H17ClIN3. The second-order valence-electron chi connectivity index (χ2n) is 4.03. The number of rotatable bonds is 2. The Kier molecular flexibility index (Phi) is 4.86. The molecule has 1 saturated heterocycles. The van der Waals surface area contributed by atoms with E-state index in [1.165, 1.54) is 22.2 Å². The molecule has 3 nitrogen and oxygen atoms in total. The van der Waals surface area contributed by atoms with Gasteiger partial charge in [0.05, 0.1) is 9.26 Å². The van der Waals surface area contributed by atoms with E-state index in [-0.39, 0.29) is 12.4 Å². The summed E-state index contributed by atoms with van der Waals surface area (Å²) in [6, 6.07) is 0. The summed E-state index contributed by atoms with van der Waals surface area (Å²) in [5.41, 5.74) is 2.48. The van der Waals surface area contributed by atoms with Crippen molar-refractivity contribution in [1.29, 1.82) is 0 Å². The highest BCUT2D eigenvalue weighted by Gasteiger charge is 2.17. The smallest absolute Gasteiger partial charge is 0.0729 e. The summed E-state index contributed by atoms with van der Waals surface area (Å²) in [5, 5.41) is 7.95. The zero-order valence-corrected chi connectivity index (χ0v) is 12.1. The molecule has 2 heterocycles. The van der Waals surface area contributed by atoms with Gasteiger partial charge in [-0.2, -0.15) is 5.10 Å². The van der Waals surface area contributed by atoms with Crippen LogP contribution in [-0.2, 0) is 6.54 Å². The predicted octanol–water partition coefficient (Wildman–Crippen LogP) is 2.14. The molecule has 0 spiro atoms. The average Bonchev–Trinajstić information content (AvgIpc) is 2.73. The Hall–Kier alpha value is 0.190. The topological polar surface area (TPSA) is 29.9 Å². The number of hydrogen-bond acceptors (Lipinski definition) is 2. The second-order valence-corrected chi connectivity index (χ2v) is 5.10. The van der Waals surface area contributed by atoms with E-state index in [1.54, 1.807) is 0 Å². The molecule has 1 aromatic rings. The number of nitrogens with zero attached hydrogens (tertiary/aromatic N) is 2. The predicted molar refractivity (Wildman–Crippen MR) is 72.6 cm³/mol. The van der Waals surface area contributed by atoms with Crippen molar-refractivity contribution in [2.45, 2.75) is 26.8 Å². The lowest BCUT2D eigenvalue weighted by Gasteiger charge is -2.09. The standard InChI is InChI=1S/C10H16IN3.ClH/c1-7-10(11)8(2)14(13-7)6-9-3-4-12-5-9;/h9,12H,3-6H2,1-2H3;1H. The molecule has 1 aliphatic rings. The highest BCUT2D eigenvalue weighted by molar-refractivity contribution is 14.1. The Morgan fingerprint density at radius 3 is 2.73 bits per heavy atom. The van der Waals surface area contributed by atoms with E-state index in [9.17, 15) is 0 Å². The van der Waals surface area contributed by atoms with E-state index in [1.807, 2.05) is 0 Å². The molecule has 0 radical (unpaired) electrons. The van der Waals surface area contributed by atoms with Gasteiger partial charge in [0.15, 0.2) is 0 Å². The van der Waals surface area contributed by atoms with Gasteiger partial charge in [-0.05, 0) is 61.9 Å².